The van der Waals surface area contributed by atoms with Crippen molar-refractivity contribution in [2.45, 2.75) is 20.8 Å². The number of nitrogens with one attached hydrogen (secondary N) is 1. The summed E-state index contributed by atoms with van der Waals surface area (Å²) < 4.78 is 11.1. The summed E-state index contributed by atoms with van der Waals surface area (Å²) in [5.41, 5.74) is 4.03. The van der Waals surface area contributed by atoms with Gasteiger partial charge in [-0.1, -0.05) is 0 Å². The van der Waals surface area contributed by atoms with Crippen molar-refractivity contribution in [3.63, 3.8) is 0 Å². The molecular weight excluding hydrogens is 348 g/mol. The first-order chi connectivity index (χ1) is 12.5. The summed E-state index contributed by atoms with van der Waals surface area (Å²) in [4.78, 5) is 15.7. The zero-order chi connectivity index (χ0) is 18.7. The van der Waals surface area contributed by atoms with E-state index >= 15 is 0 Å². The number of thiazole rings is 1. The third-order valence-corrected chi connectivity index (χ3v) is 4.60. The van der Waals surface area contributed by atoms with Gasteiger partial charge in [0, 0.05) is 17.9 Å². The highest BCUT2D eigenvalue weighted by Crippen LogP contribution is 2.34. The fraction of sp³-hybridized carbons (Fsp3) is 0.200. The molecule has 0 aliphatic carbocycles. The van der Waals surface area contributed by atoms with Crippen LogP contribution in [0.15, 0.2) is 41.8 Å². The Kier molecular flexibility index (Phi) is 5.23. The molecule has 0 unspecified atom stereocenters. The molecule has 0 atom stereocenters. The van der Waals surface area contributed by atoms with E-state index in [0.717, 1.165) is 39.6 Å². The highest BCUT2D eigenvalue weighted by Gasteiger charge is 2.13. The van der Waals surface area contributed by atoms with Gasteiger partial charge in [-0.15, -0.1) is 11.3 Å². The maximum Gasteiger partial charge on any atom is 0.223 e. The summed E-state index contributed by atoms with van der Waals surface area (Å²) in [6.45, 7) is 5.53. The predicted molar refractivity (Wildman–Crippen MR) is 104 cm³/mol. The molecule has 0 saturated carbocycles. The molecule has 1 heterocycles. The monoisotopic (exact) mass is 368 g/mol. The van der Waals surface area contributed by atoms with Crippen molar-refractivity contribution in [2.75, 3.05) is 12.4 Å². The number of benzene rings is 2. The summed E-state index contributed by atoms with van der Waals surface area (Å²) >= 11 is 1.41. The molecule has 0 fully saturated rings. The number of anilines is 1. The van der Waals surface area contributed by atoms with Gasteiger partial charge < -0.3 is 14.8 Å². The Balaban J connectivity index is 1.85. The van der Waals surface area contributed by atoms with Gasteiger partial charge in [0.1, 0.15) is 17.2 Å². The van der Waals surface area contributed by atoms with Crippen molar-refractivity contribution in [2.24, 2.45) is 0 Å². The van der Waals surface area contributed by atoms with E-state index < -0.39 is 0 Å². The molecule has 1 aromatic heterocycles. The van der Waals surface area contributed by atoms with Crippen LogP contribution in [0.2, 0.25) is 0 Å². The molecule has 3 aromatic rings. The number of amides is 1. The molecule has 0 aliphatic heterocycles. The Labute approximate surface area is 156 Å². The lowest BCUT2D eigenvalue weighted by molar-refractivity contribution is -0.114. The molecule has 6 heteroatoms. The Hall–Kier alpha value is -2.86. The molecule has 2 aromatic carbocycles. The van der Waals surface area contributed by atoms with Gasteiger partial charge in [0.05, 0.1) is 12.8 Å². The summed E-state index contributed by atoms with van der Waals surface area (Å²) in [5, 5.41) is 5.27. The van der Waals surface area contributed by atoms with Gasteiger partial charge in [-0.2, -0.15) is 0 Å². The van der Waals surface area contributed by atoms with E-state index in [1.165, 1.54) is 18.3 Å². The van der Waals surface area contributed by atoms with Crippen LogP contribution in [-0.2, 0) is 4.79 Å². The molecule has 0 radical (unpaired) electrons. The van der Waals surface area contributed by atoms with Crippen LogP contribution < -0.4 is 14.8 Å². The molecule has 0 aliphatic rings. The van der Waals surface area contributed by atoms with Crippen LogP contribution >= 0.6 is 11.3 Å². The fourth-order valence-corrected chi connectivity index (χ4v) is 3.51. The zero-order valence-electron chi connectivity index (χ0n) is 15.1. The smallest absolute Gasteiger partial charge is 0.223 e. The second-order valence-electron chi connectivity index (χ2n) is 5.93. The third kappa shape index (κ3) is 4.03. The number of hydrogen-bond donors (Lipinski definition) is 1. The minimum absolute atomic E-state index is 0.123. The average molecular weight is 368 g/mol. The molecule has 134 valence electrons. The second kappa shape index (κ2) is 7.58. The number of rotatable bonds is 5. The Morgan fingerprint density at radius 2 is 1.65 bits per heavy atom. The maximum atomic E-state index is 11.2. The van der Waals surface area contributed by atoms with Gasteiger partial charge in [0.15, 0.2) is 5.13 Å². The minimum Gasteiger partial charge on any atom is -0.497 e. The topological polar surface area (TPSA) is 60.5 Å². The van der Waals surface area contributed by atoms with Crippen LogP contribution in [0.5, 0.6) is 17.2 Å². The molecule has 26 heavy (non-hydrogen) atoms. The van der Waals surface area contributed by atoms with Gasteiger partial charge in [0.2, 0.25) is 5.91 Å². The van der Waals surface area contributed by atoms with Crippen molar-refractivity contribution in [1.29, 1.82) is 0 Å². The third-order valence-electron chi connectivity index (χ3n) is 3.84. The van der Waals surface area contributed by atoms with E-state index in [2.05, 4.69) is 10.3 Å². The van der Waals surface area contributed by atoms with E-state index in [-0.39, 0.29) is 5.91 Å². The van der Waals surface area contributed by atoms with Crippen molar-refractivity contribution in [3.8, 4) is 28.5 Å². The summed E-state index contributed by atoms with van der Waals surface area (Å²) in [6.07, 6.45) is 0. The van der Waals surface area contributed by atoms with Crippen molar-refractivity contribution in [1.82, 2.24) is 4.98 Å². The summed E-state index contributed by atoms with van der Waals surface area (Å²) in [6, 6.07) is 11.5. The Morgan fingerprint density at radius 3 is 2.23 bits per heavy atom. The summed E-state index contributed by atoms with van der Waals surface area (Å²) in [5.74, 6) is 2.19. The van der Waals surface area contributed by atoms with Crippen LogP contribution in [-0.4, -0.2) is 18.0 Å². The lowest BCUT2D eigenvalue weighted by atomic mass is 10.0. The maximum absolute atomic E-state index is 11.2. The first kappa shape index (κ1) is 17.9. The largest absolute Gasteiger partial charge is 0.497 e. The van der Waals surface area contributed by atoms with Crippen molar-refractivity contribution in [3.05, 3.63) is 52.9 Å². The van der Waals surface area contributed by atoms with Crippen LogP contribution in [0.1, 0.15) is 18.1 Å². The number of ether oxygens (including phenoxy) is 2. The van der Waals surface area contributed by atoms with Gasteiger partial charge in [-0.25, -0.2) is 4.98 Å². The van der Waals surface area contributed by atoms with E-state index in [1.807, 2.05) is 55.6 Å². The number of carbonyl (C=O) groups excluding carboxylic acids is 1. The number of methoxy groups -OCH3 is 1. The second-order valence-corrected chi connectivity index (χ2v) is 6.79. The number of nitrogens with zero attached hydrogens (tertiary/aromatic N) is 1. The molecule has 0 bridgehead atoms. The van der Waals surface area contributed by atoms with E-state index in [1.54, 1.807) is 7.11 Å². The normalized spacial score (nSPS) is 10.5. The van der Waals surface area contributed by atoms with Crippen molar-refractivity contribution >= 4 is 22.4 Å². The van der Waals surface area contributed by atoms with Gasteiger partial charge in [-0.05, 0) is 61.4 Å². The molecule has 5 nitrogen and oxygen atoms in total. The standard InChI is InChI=1S/C20H20N2O3S/c1-12-9-17(25-16-7-5-15(24-4)6-8-16)10-13(2)19(12)18-11-26-20(22-18)21-14(3)23/h5-11H,1-4H3,(H,21,22,23). The molecule has 1 N–H and O–H groups in total. The quantitative estimate of drug-likeness (QED) is 0.673. The van der Waals surface area contributed by atoms with Crippen LogP contribution in [0, 0.1) is 13.8 Å². The molecule has 3 rings (SSSR count). The van der Waals surface area contributed by atoms with E-state index in [9.17, 15) is 4.79 Å². The molecule has 0 spiro atoms. The predicted octanol–water partition coefficient (Wildman–Crippen LogP) is 5.19. The van der Waals surface area contributed by atoms with Crippen LogP contribution in [0.25, 0.3) is 11.3 Å². The number of aromatic nitrogens is 1. The molecule has 0 saturated heterocycles. The number of hydrogen-bond acceptors (Lipinski definition) is 5. The van der Waals surface area contributed by atoms with Gasteiger partial charge >= 0.3 is 0 Å². The highest BCUT2D eigenvalue weighted by atomic mass is 32.1. The number of carbonyl (C=O) groups is 1. The first-order valence-corrected chi connectivity index (χ1v) is 9.01. The van der Waals surface area contributed by atoms with E-state index in [4.69, 9.17) is 9.47 Å². The minimum atomic E-state index is -0.123. The molecular formula is C20H20N2O3S. The van der Waals surface area contributed by atoms with E-state index in [0.29, 0.717) is 5.13 Å². The average Bonchev–Trinajstić information content (AvgIpc) is 3.02. The lowest BCUT2D eigenvalue weighted by Crippen LogP contribution is -2.05. The lowest BCUT2D eigenvalue weighted by Gasteiger charge is -2.12. The Bertz CT molecular complexity index is 909. The SMILES string of the molecule is COc1ccc(Oc2cc(C)c(-c3csc(NC(C)=O)n3)c(C)c2)cc1. The number of aryl methyl sites for hydroxylation is 2. The molecule has 1 amide bonds. The first-order valence-electron chi connectivity index (χ1n) is 8.13. The van der Waals surface area contributed by atoms with Gasteiger partial charge in [-0.3, -0.25) is 4.79 Å². The van der Waals surface area contributed by atoms with Gasteiger partial charge in [0.25, 0.3) is 0 Å². The van der Waals surface area contributed by atoms with Crippen LogP contribution in [0.4, 0.5) is 5.13 Å². The fourth-order valence-electron chi connectivity index (χ4n) is 2.76. The highest BCUT2D eigenvalue weighted by molar-refractivity contribution is 7.14. The zero-order valence-corrected chi connectivity index (χ0v) is 15.9. The Morgan fingerprint density at radius 1 is 1.04 bits per heavy atom. The summed E-state index contributed by atoms with van der Waals surface area (Å²) in [7, 11) is 1.64. The van der Waals surface area contributed by atoms with Crippen LogP contribution in [0.3, 0.4) is 0 Å². The van der Waals surface area contributed by atoms with Crippen molar-refractivity contribution < 1.29 is 14.3 Å².